The Morgan fingerprint density at radius 3 is 1.98 bits per heavy atom. The second-order valence-corrected chi connectivity index (χ2v) is 12.8. The van der Waals surface area contributed by atoms with Crippen LogP contribution in [0.3, 0.4) is 0 Å². The summed E-state index contributed by atoms with van der Waals surface area (Å²) in [5, 5.41) is 0. The van der Waals surface area contributed by atoms with Crippen LogP contribution in [0.25, 0.3) is 0 Å². The first kappa shape index (κ1) is 27.4. The summed E-state index contributed by atoms with van der Waals surface area (Å²) in [6, 6.07) is 17.7. The zero-order chi connectivity index (χ0) is 29.0. The van der Waals surface area contributed by atoms with Gasteiger partial charge in [-0.25, -0.2) is 9.59 Å². The Balaban J connectivity index is 1.39. The van der Waals surface area contributed by atoms with Crippen LogP contribution in [0.1, 0.15) is 66.2 Å². The summed E-state index contributed by atoms with van der Waals surface area (Å²) in [7, 11) is 0. The van der Waals surface area contributed by atoms with Gasteiger partial charge in [0.2, 0.25) is 0 Å². The minimum atomic E-state index is -1.21. The lowest BCUT2D eigenvalue weighted by atomic mass is 9.35. The van der Waals surface area contributed by atoms with E-state index in [1.54, 1.807) is 48.5 Å². The van der Waals surface area contributed by atoms with E-state index >= 15 is 0 Å². The highest BCUT2D eigenvalue weighted by atomic mass is 16.5. The van der Waals surface area contributed by atoms with Gasteiger partial charge in [-0.05, 0) is 79.4 Å². The zero-order valence-electron chi connectivity index (χ0n) is 23.5. The quantitative estimate of drug-likeness (QED) is 0.242. The first-order chi connectivity index (χ1) is 19.6. The lowest BCUT2D eigenvalue weighted by Crippen LogP contribution is -2.69. The van der Waals surface area contributed by atoms with Crippen molar-refractivity contribution in [1.29, 1.82) is 0 Å². The smallest absolute Gasteiger partial charge is 0.338 e. The number of benzene rings is 2. The predicted molar refractivity (Wildman–Crippen MR) is 153 cm³/mol. The van der Waals surface area contributed by atoms with Crippen LogP contribution in [0.4, 0.5) is 0 Å². The van der Waals surface area contributed by atoms with E-state index in [-0.39, 0.29) is 36.6 Å². The molecule has 1 spiro atoms. The number of ether oxygens (including phenoxy) is 2. The number of fused-ring (bicyclic) bond motifs is 3. The lowest BCUT2D eigenvalue weighted by Gasteiger charge is -2.67. The molecule has 0 aromatic heterocycles. The minimum Gasteiger partial charge on any atom is -0.461 e. The summed E-state index contributed by atoms with van der Waals surface area (Å²) < 4.78 is 12.0. The fourth-order valence-corrected chi connectivity index (χ4v) is 8.86. The van der Waals surface area contributed by atoms with E-state index in [0.29, 0.717) is 48.0 Å². The normalized spacial score (nSPS) is 34.0. The van der Waals surface area contributed by atoms with Crippen molar-refractivity contribution >= 4 is 23.5 Å². The van der Waals surface area contributed by atoms with Gasteiger partial charge < -0.3 is 9.47 Å². The first-order valence-electron chi connectivity index (χ1n) is 14.6. The molecule has 5 aliphatic carbocycles. The number of hydrogen-bond donors (Lipinski definition) is 0. The summed E-state index contributed by atoms with van der Waals surface area (Å²) in [5.74, 6) is -1.93. The molecule has 6 unspecified atom stereocenters. The van der Waals surface area contributed by atoms with Gasteiger partial charge in [-0.3, -0.25) is 9.59 Å². The van der Waals surface area contributed by atoms with Crippen LogP contribution in [-0.2, 0) is 19.1 Å². The molecule has 2 aromatic rings. The standard InChI is InChI=1S/C35H36O6/c1-22-26-15-18-35(29(22)36)27(19-26)34(21-41-32(39)25-13-8-5-9-14-25)17-10-16-33(3,28(34)23(2)30(35)37)20-40-31(38)24-11-6-4-7-12-24/h4-9,11-14,26-28H,1-2,10,15-21H2,3H3. The molecular weight excluding hydrogens is 516 g/mol. The molecule has 212 valence electrons. The topological polar surface area (TPSA) is 86.7 Å². The molecule has 2 bridgehead atoms. The Kier molecular flexibility index (Phi) is 6.63. The highest BCUT2D eigenvalue weighted by Gasteiger charge is 2.73. The fourth-order valence-electron chi connectivity index (χ4n) is 8.86. The van der Waals surface area contributed by atoms with Gasteiger partial charge in [-0.1, -0.05) is 62.9 Å². The number of carbonyl (C=O) groups excluding carboxylic acids is 4. The molecule has 6 nitrogen and oxygen atoms in total. The van der Waals surface area contributed by atoms with Crippen molar-refractivity contribution < 1.29 is 28.7 Å². The molecule has 5 aliphatic rings. The van der Waals surface area contributed by atoms with Crippen LogP contribution >= 0.6 is 0 Å². The maximum absolute atomic E-state index is 14.3. The van der Waals surface area contributed by atoms with E-state index in [9.17, 15) is 19.2 Å². The first-order valence-corrected chi connectivity index (χ1v) is 14.6. The molecule has 0 saturated heterocycles. The number of esters is 2. The van der Waals surface area contributed by atoms with Gasteiger partial charge in [-0.15, -0.1) is 0 Å². The highest BCUT2D eigenvalue weighted by Crippen LogP contribution is 2.71. The van der Waals surface area contributed by atoms with Crippen molar-refractivity contribution in [3.8, 4) is 0 Å². The molecule has 0 N–H and O–H groups in total. The Bertz CT molecular complexity index is 1440. The van der Waals surface area contributed by atoms with Gasteiger partial charge in [0.15, 0.2) is 11.6 Å². The summed E-state index contributed by atoms with van der Waals surface area (Å²) in [6.45, 7) is 10.6. The Morgan fingerprint density at radius 1 is 0.805 bits per heavy atom. The molecule has 0 radical (unpaired) electrons. The molecule has 2 aromatic carbocycles. The van der Waals surface area contributed by atoms with Crippen LogP contribution in [0.5, 0.6) is 0 Å². The molecule has 7 rings (SSSR count). The van der Waals surface area contributed by atoms with Crippen molar-refractivity contribution in [3.05, 3.63) is 96.1 Å². The average molecular weight is 553 g/mol. The number of hydrogen-bond acceptors (Lipinski definition) is 6. The third-order valence-corrected chi connectivity index (χ3v) is 10.6. The number of Topliss-reactive ketones (excluding diaryl/α,β-unsaturated/α-hetero) is 2. The van der Waals surface area contributed by atoms with Crippen LogP contribution in [0.2, 0.25) is 0 Å². The summed E-state index contributed by atoms with van der Waals surface area (Å²) >= 11 is 0. The second-order valence-electron chi connectivity index (χ2n) is 12.8. The monoisotopic (exact) mass is 552 g/mol. The molecule has 5 saturated carbocycles. The third kappa shape index (κ3) is 4.05. The van der Waals surface area contributed by atoms with Gasteiger partial charge >= 0.3 is 11.9 Å². The molecule has 0 amide bonds. The molecule has 41 heavy (non-hydrogen) atoms. The van der Waals surface area contributed by atoms with E-state index in [4.69, 9.17) is 9.47 Å². The number of ketones is 2. The van der Waals surface area contributed by atoms with Gasteiger partial charge in [0.05, 0.1) is 29.8 Å². The van der Waals surface area contributed by atoms with Crippen LogP contribution in [-0.4, -0.2) is 36.7 Å². The summed E-state index contributed by atoms with van der Waals surface area (Å²) in [4.78, 5) is 54.4. The molecule has 0 aliphatic heterocycles. The number of carbonyl (C=O) groups is 4. The number of allylic oxidation sites excluding steroid dienone is 2. The van der Waals surface area contributed by atoms with Crippen molar-refractivity contribution in [2.24, 2.45) is 34.0 Å². The van der Waals surface area contributed by atoms with Crippen molar-refractivity contribution in [3.63, 3.8) is 0 Å². The van der Waals surface area contributed by atoms with E-state index in [1.807, 2.05) is 19.1 Å². The second kappa shape index (κ2) is 9.93. The fraction of sp³-hybridized carbons (Fsp3) is 0.429. The van der Waals surface area contributed by atoms with Gasteiger partial charge in [0.25, 0.3) is 0 Å². The number of rotatable bonds is 6. The van der Waals surface area contributed by atoms with Crippen LogP contribution in [0.15, 0.2) is 85.0 Å². The third-order valence-electron chi connectivity index (χ3n) is 10.6. The Hall–Kier alpha value is -3.80. The largest absolute Gasteiger partial charge is 0.461 e. The van der Waals surface area contributed by atoms with E-state index in [1.165, 1.54) is 0 Å². The van der Waals surface area contributed by atoms with Crippen molar-refractivity contribution in [2.75, 3.05) is 13.2 Å². The Morgan fingerprint density at radius 2 is 1.37 bits per heavy atom. The van der Waals surface area contributed by atoms with Crippen LogP contribution < -0.4 is 0 Å². The SMILES string of the molecule is C=C1C(=O)C23CCC1CC2C1(COC(=O)c2ccccc2)CCCC(C)(COC(=O)c2ccccc2)C1C(=C)C3=O. The summed E-state index contributed by atoms with van der Waals surface area (Å²) in [6.07, 6.45) is 4.06. The van der Waals surface area contributed by atoms with Crippen molar-refractivity contribution in [1.82, 2.24) is 0 Å². The van der Waals surface area contributed by atoms with Crippen molar-refractivity contribution in [2.45, 2.75) is 45.4 Å². The molecule has 5 fully saturated rings. The van der Waals surface area contributed by atoms with E-state index in [0.717, 1.165) is 12.8 Å². The highest BCUT2D eigenvalue weighted by molar-refractivity contribution is 6.21. The van der Waals surface area contributed by atoms with Gasteiger partial charge in [0, 0.05) is 16.7 Å². The predicted octanol–water partition coefficient (Wildman–Crippen LogP) is 6.17. The van der Waals surface area contributed by atoms with Gasteiger partial charge in [0.1, 0.15) is 0 Å². The van der Waals surface area contributed by atoms with Gasteiger partial charge in [-0.2, -0.15) is 0 Å². The maximum atomic E-state index is 14.3. The molecule has 6 atom stereocenters. The summed E-state index contributed by atoms with van der Waals surface area (Å²) in [5.41, 5.74) is -0.705. The maximum Gasteiger partial charge on any atom is 0.338 e. The zero-order valence-corrected chi connectivity index (χ0v) is 23.5. The lowest BCUT2D eigenvalue weighted by molar-refractivity contribution is -0.187. The van der Waals surface area contributed by atoms with E-state index < -0.39 is 34.1 Å². The molecule has 6 heteroatoms. The minimum absolute atomic E-state index is 0.0139. The Labute approximate surface area is 240 Å². The molecule has 0 heterocycles. The average Bonchev–Trinajstić information content (AvgIpc) is 3.00. The van der Waals surface area contributed by atoms with Crippen LogP contribution in [0, 0.1) is 34.0 Å². The molecular formula is C35H36O6. The van der Waals surface area contributed by atoms with E-state index in [2.05, 4.69) is 13.2 Å².